The molecule has 1 aliphatic carbocycles. The number of methoxy groups -OCH3 is 1. The molecule has 1 saturated heterocycles. The summed E-state index contributed by atoms with van der Waals surface area (Å²) in [5.74, 6) is 1.62. The molecule has 5 nitrogen and oxygen atoms in total. The first-order chi connectivity index (χ1) is 10.7. The second-order valence-corrected chi connectivity index (χ2v) is 5.62. The summed E-state index contributed by atoms with van der Waals surface area (Å²) in [7, 11) is 1.63. The third-order valence-corrected chi connectivity index (χ3v) is 4.11. The molecule has 1 aromatic rings. The van der Waals surface area contributed by atoms with Crippen molar-refractivity contribution in [3.63, 3.8) is 0 Å². The van der Waals surface area contributed by atoms with Gasteiger partial charge in [-0.3, -0.25) is 4.79 Å². The second-order valence-electron chi connectivity index (χ2n) is 5.62. The van der Waals surface area contributed by atoms with Crippen molar-refractivity contribution < 1.29 is 19.0 Å². The Kier molecular flexibility index (Phi) is 4.34. The Balaban J connectivity index is 1.79. The van der Waals surface area contributed by atoms with Gasteiger partial charge >= 0.3 is 0 Å². The van der Waals surface area contributed by atoms with Crippen LogP contribution < -0.4 is 14.8 Å². The Morgan fingerprint density at radius 1 is 1.27 bits per heavy atom. The summed E-state index contributed by atoms with van der Waals surface area (Å²) in [4.78, 5) is 11.6. The molecule has 1 fully saturated rings. The summed E-state index contributed by atoms with van der Waals surface area (Å²) < 4.78 is 16.7. The first kappa shape index (κ1) is 14.9. The zero-order valence-electron chi connectivity index (χ0n) is 13.0. The molecule has 1 aromatic carbocycles. The third-order valence-electron chi connectivity index (χ3n) is 4.11. The Morgan fingerprint density at radius 3 is 2.77 bits per heavy atom. The minimum Gasteiger partial charge on any atom is -0.493 e. The zero-order chi connectivity index (χ0) is 15.5. The van der Waals surface area contributed by atoms with Crippen molar-refractivity contribution in [3.05, 3.63) is 29.5 Å². The fourth-order valence-electron chi connectivity index (χ4n) is 2.74. The lowest BCUT2D eigenvalue weighted by molar-refractivity contribution is -0.114. The van der Waals surface area contributed by atoms with Crippen molar-refractivity contribution in [2.24, 2.45) is 0 Å². The van der Waals surface area contributed by atoms with Gasteiger partial charge in [0.25, 0.3) is 0 Å². The van der Waals surface area contributed by atoms with E-state index in [0.29, 0.717) is 24.5 Å². The van der Waals surface area contributed by atoms with Gasteiger partial charge in [-0.1, -0.05) is 0 Å². The quantitative estimate of drug-likeness (QED) is 0.906. The van der Waals surface area contributed by atoms with Crippen LogP contribution in [0.25, 0.3) is 0 Å². The third kappa shape index (κ3) is 3.09. The fraction of sp³-hybridized carbons (Fsp3) is 0.471. The fourth-order valence-corrected chi connectivity index (χ4v) is 2.74. The van der Waals surface area contributed by atoms with Crippen molar-refractivity contribution in [2.45, 2.75) is 32.3 Å². The molecule has 0 spiro atoms. The first-order valence-corrected chi connectivity index (χ1v) is 7.60. The number of Topliss-reactive ketones (excluding diaryl/α,β-unsaturated/α-hetero) is 1. The van der Waals surface area contributed by atoms with Gasteiger partial charge in [0.1, 0.15) is 6.10 Å². The topological polar surface area (TPSA) is 56.8 Å². The van der Waals surface area contributed by atoms with E-state index in [0.717, 1.165) is 36.4 Å². The highest BCUT2D eigenvalue weighted by molar-refractivity contribution is 5.98. The van der Waals surface area contributed by atoms with E-state index in [4.69, 9.17) is 14.2 Å². The van der Waals surface area contributed by atoms with Gasteiger partial charge in [-0.25, -0.2) is 0 Å². The molecule has 22 heavy (non-hydrogen) atoms. The minimum absolute atomic E-state index is 0.0677. The summed E-state index contributed by atoms with van der Waals surface area (Å²) in [5, 5.41) is 3.33. The Labute approximate surface area is 130 Å². The molecule has 0 radical (unpaired) electrons. The van der Waals surface area contributed by atoms with Crippen LogP contribution >= 0.6 is 0 Å². The van der Waals surface area contributed by atoms with Gasteiger partial charge in [0.2, 0.25) is 0 Å². The average Bonchev–Trinajstić information content (AvgIpc) is 3.13. The number of benzene rings is 1. The van der Waals surface area contributed by atoms with Crippen molar-refractivity contribution in [1.29, 1.82) is 0 Å². The van der Waals surface area contributed by atoms with E-state index >= 15 is 0 Å². The molecule has 1 atom stereocenters. The van der Waals surface area contributed by atoms with Crippen LogP contribution in [-0.2, 0) is 9.53 Å². The van der Waals surface area contributed by atoms with Gasteiger partial charge in [-0.2, -0.15) is 0 Å². The molecule has 1 unspecified atom stereocenters. The number of hydrogen-bond acceptors (Lipinski definition) is 5. The van der Waals surface area contributed by atoms with Gasteiger partial charge < -0.3 is 19.5 Å². The SMILES string of the molecule is COc1ccc(NC2=C(C)C(=O)CC2)cc1OC1CCOC1. The van der Waals surface area contributed by atoms with Crippen LogP contribution in [0.5, 0.6) is 11.5 Å². The maximum atomic E-state index is 11.6. The molecular formula is C17H21NO4. The molecule has 1 N–H and O–H groups in total. The molecule has 3 rings (SSSR count). The van der Waals surface area contributed by atoms with Crippen LogP contribution in [0.4, 0.5) is 5.69 Å². The van der Waals surface area contributed by atoms with Crippen LogP contribution in [0.1, 0.15) is 26.2 Å². The lowest BCUT2D eigenvalue weighted by Gasteiger charge is -2.17. The van der Waals surface area contributed by atoms with Gasteiger partial charge in [-0.05, 0) is 25.5 Å². The van der Waals surface area contributed by atoms with Gasteiger partial charge in [0.05, 0.1) is 20.3 Å². The Bertz CT molecular complexity index is 603. The number of allylic oxidation sites excluding steroid dienone is 2. The maximum absolute atomic E-state index is 11.6. The number of anilines is 1. The van der Waals surface area contributed by atoms with Crippen molar-refractivity contribution >= 4 is 11.5 Å². The van der Waals surface area contributed by atoms with E-state index in [9.17, 15) is 4.79 Å². The molecule has 0 saturated carbocycles. The van der Waals surface area contributed by atoms with E-state index in [2.05, 4.69) is 5.32 Å². The standard InChI is InChI=1S/C17H21NO4/c1-11-14(4-5-15(11)19)18-12-3-6-16(20-2)17(9-12)22-13-7-8-21-10-13/h3,6,9,13,18H,4-5,7-8,10H2,1-2H3. The number of carbonyl (C=O) groups excluding carboxylic acids is 1. The number of rotatable bonds is 5. The Morgan fingerprint density at radius 2 is 2.14 bits per heavy atom. The largest absolute Gasteiger partial charge is 0.493 e. The summed E-state index contributed by atoms with van der Waals surface area (Å²) >= 11 is 0. The highest BCUT2D eigenvalue weighted by Crippen LogP contribution is 2.33. The summed E-state index contributed by atoms with van der Waals surface area (Å²) in [6, 6.07) is 5.72. The van der Waals surface area contributed by atoms with Crippen LogP contribution in [-0.4, -0.2) is 32.2 Å². The van der Waals surface area contributed by atoms with Gasteiger partial charge in [-0.15, -0.1) is 0 Å². The number of hydrogen-bond donors (Lipinski definition) is 1. The van der Waals surface area contributed by atoms with Crippen molar-refractivity contribution in [3.8, 4) is 11.5 Å². The number of carbonyl (C=O) groups is 1. The van der Waals surface area contributed by atoms with Crippen molar-refractivity contribution in [1.82, 2.24) is 0 Å². The van der Waals surface area contributed by atoms with Gasteiger partial charge in [0, 0.05) is 35.9 Å². The van der Waals surface area contributed by atoms with E-state index in [1.165, 1.54) is 0 Å². The minimum atomic E-state index is 0.0677. The number of ketones is 1. The second kappa shape index (κ2) is 6.40. The molecule has 118 valence electrons. The maximum Gasteiger partial charge on any atom is 0.163 e. The lowest BCUT2D eigenvalue weighted by atomic mass is 10.2. The van der Waals surface area contributed by atoms with Crippen molar-refractivity contribution in [2.75, 3.05) is 25.6 Å². The zero-order valence-corrected chi connectivity index (χ0v) is 13.0. The monoisotopic (exact) mass is 303 g/mol. The van der Waals surface area contributed by atoms with E-state index in [1.807, 2.05) is 25.1 Å². The lowest BCUT2D eigenvalue weighted by Crippen LogP contribution is -2.16. The summed E-state index contributed by atoms with van der Waals surface area (Å²) in [5.41, 5.74) is 2.71. The summed E-state index contributed by atoms with van der Waals surface area (Å²) in [6.45, 7) is 3.22. The molecule has 0 bridgehead atoms. The molecule has 0 aromatic heterocycles. The van der Waals surface area contributed by atoms with Gasteiger partial charge in [0.15, 0.2) is 17.3 Å². The molecule has 5 heteroatoms. The number of nitrogens with one attached hydrogen (secondary N) is 1. The van der Waals surface area contributed by atoms with E-state index in [-0.39, 0.29) is 11.9 Å². The molecule has 0 amide bonds. The molecular weight excluding hydrogens is 282 g/mol. The molecule has 1 aliphatic heterocycles. The Hall–Kier alpha value is -2.01. The summed E-state index contributed by atoms with van der Waals surface area (Å²) in [6.07, 6.45) is 2.31. The van der Waals surface area contributed by atoms with Crippen LogP contribution in [0, 0.1) is 0 Å². The smallest absolute Gasteiger partial charge is 0.163 e. The first-order valence-electron chi connectivity index (χ1n) is 7.60. The predicted molar refractivity (Wildman–Crippen MR) is 83.4 cm³/mol. The number of ether oxygens (including phenoxy) is 3. The molecule has 1 heterocycles. The molecule has 2 aliphatic rings. The van der Waals surface area contributed by atoms with E-state index in [1.54, 1.807) is 7.11 Å². The predicted octanol–water partition coefficient (Wildman–Crippen LogP) is 2.91. The van der Waals surface area contributed by atoms with Crippen LogP contribution in [0.15, 0.2) is 29.5 Å². The highest BCUT2D eigenvalue weighted by Gasteiger charge is 2.21. The van der Waals surface area contributed by atoms with Crippen LogP contribution in [0.3, 0.4) is 0 Å². The average molecular weight is 303 g/mol. The highest BCUT2D eigenvalue weighted by atomic mass is 16.6. The van der Waals surface area contributed by atoms with Crippen LogP contribution in [0.2, 0.25) is 0 Å². The van der Waals surface area contributed by atoms with E-state index < -0.39 is 0 Å². The normalized spacial score (nSPS) is 21.4.